The van der Waals surface area contributed by atoms with Crippen molar-refractivity contribution in [3.05, 3.63) is 28.8 Å². The van der Waals surface area contributed by atoms with Crippen molar-refractivity contribution in [3.8, 4) is 0 Å². The molecule has 3 rings (SSSR count). The Bertz CT molecular complexity index is 426. The molecular formula is C12H12ClNO. The summed E-state index contributed by atoms with van der Waals surface area (Å²) in [6.07, 6.45) is 3.60. The second kappa shape index (κ2) is 3.24. The number of hydrogen-bond acceptors (Lipinski definition) is 1. The number of para-hydroxylation sites is 1. The number of fused-ring (bicyclic) bond motifs is 1. The molecule has 1 amide bonds. The zero-order valence-corrected chi connectivity index (χ0v) is 9.05. The Kier molecular flexibility index (Phi) is 1.99. The quantitative estimate of drug-likeness (QED) is 0.776. The molecule has 1 aromatic carbocycles. The van der Waals surface area contributed by atoms with Crippen molar-refractivity contribution in [1.82, 2.24) is 0 Å². The van der Waals surface area contributed by atoms with Gasteiger partial charge in [-0.05, 0) is 30.4 Å². The number of rotatable bonds is 1. The third-order valence-corrected chi connectivity index (χ3v) is 3.85. The third kappa shape index (κ3) is 1.28. The van der Waals surface area contributed by atoms with Gasteiger partial charge in [-0.25, -0.2) is 0 Å². The summed E-state index contributed by atoms with van der Waals surface area (Å²) < 4.78 is 0. The van der Waals surface area contributed by atoms with Gasteiger partial charge in [0.25, 0.3) is 0 Å². The minimum absolute atomic E-state index is 0.0486. The molecule has 1 aliphatic carbocycles. The fourth-order valence-electron chi connectivity index (χ4n) is 2.52. The van der Waals surface area contributed by atoms with Gasteiger partial charge in [-0.2, -0.15) is 0 Å². The second-order valence-electron chi connectivity index (χ2n) is 4.36. The summed E-state index contributed by atoms with van der Waals surface area (Å²) in [5, 5.41) is 3.55. The molecule has 1 atom stereocenters. The first-order chi connectivity index (χ1) is 7.27. The van der Waals surface area contributed by atoms with Crippen LogP contribution in [0.25, 0.3) is 0 Å². The van der Waals surface area contributed by atoms with Crippen molar-refractivity contribution in [2.75, 3.05) is 5.32 Å². The summed E-state index contributed by atoms with van der Waals surface area (Å²) in [5.74, 6) is 0.708. The summed E-state index contributed by atoms with van der Waals surface area (Å²) in [7, 11) is 0. The van der Waals surface area contributed by atoms with Gasteiger partial charge in [0, 0.05) is 0 Å². The number of carbonyl (C=O) groups excluding carboxylic acids is 1. The van der Waals surface area contributed by atoms with E-state index in [1.54, 1.807) is 0 Å². The van der Waals surface area contributed by atoms with Gasteiger partial charge < -0.3 is 5.32 Å². The highest BCUT2D eigenvalue weighted by Crippen LogP contribution is 2.47. The van der Waals surface area contributed by atoms with Gasteiger partial charge in [0.2, 0.25) is 5.91 Å². The normalized spacial score (nSPS) is 24.6. The van der Waals surface area contributed by atoms with E-state index in [2.05, 4.69) is 5.32 Å². The van der Waals surface area contributed by atoms with Gasteiger partial charge in [0.15, 0.2) is 0 Å². The van der Waals surface area contributed by atoms with Crippen molar-refractivity contribution in [2.24, 2.45) is 5.92 Å². The number of anilines is 1. The van der Waals surface area contributed by atoms with E-state index < -0.39 is 0 Å². The maximum Gasteiger partial charge on any atom is 0.232 e. The largest absolute Gasteiger partial charge is 0.324 e. The zero-order chi connectivity index (χ0) is 10.4. The van der Waals surface area contributed by atoms with Gasteiger partial charge in [0.05, 0.1) is 16.6 Å². The summed E-state index contributed by atoms with van der Waals surface area (Å²) in [4.78, 5) is 11.8. The molecule has 78 valence electrons. The molecule has 3 heteroatoms. The summed E-state index contributed by atoms with van der Waals surface area (Å²) >= 11 is 6.05. The fraction of sp³-hybridized carbons (Fsp3) is 0.417. The van der Waals surface area contributed by atoms with Crippen molar-refractivity contribution >= 4 is 23.2 Å². The molecule has 0 radical (unpaired) electrons. The van der Waals surface area contributed by atoms with Gasteiger partial charge in [0.1, 0.15) is 0 Å². The van der Waals surface area contributed by atoms with Crippen LogP contribution in [0.1, 0.15) is 30.7 Å². The molecule has 2 nitrogen and oxygen atoms in total. The molecule has 1 saturated carbocycles. The van der Waals surface area contributed by atoms with Crippen molar-refractivity contribution < 1.29 is 4.79 Å². The Morgan fingerprint density at radius 3 is 2.80 bits per heavy atom. The van der Waals surface area contributed by atoms with Crippen LogP contribution in [0, 0.1) is 5.92 Å². The minimum atomic E-state index is 0.0486. The summed E-state index contributed by atoms with van der Waals surface area (Å²) in [6, 6.07) is 5.76. The minimum Gasteiger partial charge on any atom is -0.324 e. The standard InChI is InChI=1S/C12H12ClNO/c13-9-6-2-5-8-10(7-3-1-4-7)12(15)14-11(8)9/h2,5-7,10H,1,3-4H2,(H,14,15). The maximum atomic E-state index is 11.8. The second-order valence-corrected chi connectivity index (χ2v) is 4.77. The number of halogens is 1. The van der Waals surface area contributed by atoms with Crippen LogP contribution < -0.4 is 5.32 Å². The van der Waals surface area contributed by atoms with E-state index in [1.165, 1.54) is 19.3 Å². The number of nitrogens with one attached hydrogen (secondary N) is 1. The monoisotopic (exact) mass is 221 g/mol. The number of benzene rings is 1. The van der Waals surface area contributed by atoms with Gasteiger partial charge in [-0.15, -0.1) is 0 Å². The molecule has 1 aliphatic heterocycles. The van der Waals surface area contributed by atoms with Crippen molar-refractivity contribution in [3.63, 3.8) is 0 Å². The van der Waals surface area contributed by atoms with Crippen molar-refractivity contribution in [2.45, 2.75) is 25.2 Å². The van der Waals surface area contributed by atoms with E-state index in [-0.39, 0.29) is 11.8 Å². The molecule has 1 unspecified atom stereocenters. The SMILES string of the molecule is O=C1Nc2c(Cl)cccc2C1C1CCC1. The van der Waals surface area contributed by atoms with Crippen LogP contribution in [-0.2, 0) is 4.79 Å². The molecule has 1 fully saturated rings. The lowest BCUT2D eigenvalue weighted by Gasteiger charge is -2.29. The van der Waals surface area contributed by atoms with Crippen LogP contribution >= 0.6 is 11.6 Å². The van der Waals surface area contributed by atoms with E-state index in [0.717, 1.165) is 11.3 Å². The highest BCUT2D eigenvalue weighted by atomic mass is 35.5. The summed E-state index contributed by atoms with van der Waals surface area (Å²) in [5.41, 5.74) is 1.93. The van der Waals surface area contributed by atoms with E-state index in [1.807, 2.05) is 18.2 Å². The van der Waals surface area contributed by atoms with Gasteiger partial charge >= 0.3 is 0 Å². The highest BCUT2D eigenvalue weighted by Gasteiger charge is 2.39. The number of hydrogen-bond donors (Lipinski definition) is 1. The van der Waals surface area contributed by atoms with Crippen LogP contribution in [0.5, 0.6) is 0 Å². The predicted octanol–water partition coefficient (Wildman–Crippen LogP) is 3.18. The molecular weight excluding hydrogens is 210 g/mol. The molecule has 0 bridgehead atoms. The van der Waals surface area contributed by atoms with Gasteiger partial charge in [-0.3, -0.25) is 4.79 Å². The van der Waals surface area contributed by atoms with Crippen LogP contribution in [0.3, 0.4) is 0 Å². The summed E-state index contributed by atoms with van der Waals surface area (Å²) in [6.45, 7) is 0. The average Bonchev–Trinajstić information content (AvgIpc) is 2.44. The first kappa shape index (κ1) is 9.22. The molecule has 1 N–H and O–H groups in total. The predicted molar refractivity (Wildman–Crippen MR) is 60.2 cm³/mol. The smallest absolute Gasteiger partial charge is 0.232 e. The molecule has 1 heterocycles. The number of carbonyl (C=O) groups is 1. The Hall–Kier alpha value is -1.02. The Morgan fingerprint density at radius 2 is 2.13 bits per heavy atom. The third-order valence-electron chi connectivity index (χ3n) is 3.53. The molecule has 0 spiro atoms. The zero-order valence-electron chi connectivity index (χ0n) is 8.29. The Balaban J connectivity index is 2.05. The lowest BCUT2D eigenvalue weighted by atomic mass is 9.73. The Morgan fingerprint density at radius 1 is 1.33 bits per heavy atom. The number of amides is 1. The lowest BCUT2D eigenvalue weighted by Crippen LogP contribution is -2.25. The highest BCUT2D eigenvalue weighted by molar-refractivity contribution is 6.34. The van der Waals surface area contributed by atoms with Gasteiger partial charge in [-0.1, -0.05) is 30.2 Å². The van der Waals surface area contributed by atoms with E-state index in [9.17, 15) is 4.79 Å². The average molecular weight is 222 g/mol. The molecule has 0 aromatic heterocycles. The first-order valence-electron chi connectivity index (χ1n) is 5.36. The van der Waals surface area contributed by atoms with Crippen LogP contribution in [-0.4, -0.2) is 5.91 Å². The van der Waals surface area contributed by atoms with E-state index >= 15 is 0 Å². The topological polar surface area (TPSA) is 29.1 Å². The molecule has 2 aliphatic rings. The Labute approximate surface area is 93.6 Å². The van der Waals surface area contributed by atoms with Crippen LogP contribution in [0.2, 0.25) is 5.02 Å². The molecule has 15 heavy (non-hydrogen) atoms. The van der Waals surface area contributed by atoms with E-state index in [4.69, 9.17) is 11.6 Å². The molecule has 0 saturated heterocycles. The van der Waals surface area contributed by atoms with Crippen LogP contribution in [0.4, 0.5) is 5.69 Å². The lowest BCUT2D eigenvalue weighted by molar-refractivity contribution is -0.118. The first-order valence-corrected chi connectivity index (χ1v) is 5.74. The van der Waals surface area contributed by atoms with Crippen molar-refractivity contribution in [1.29, 1.82) is 0 Å². The van der Waals surface area contributed by atoms with E-state index in [0.29, 0.717) is 10.9 Å². The maximum absolute atomic E-state index is 11.8. The molecule has 1 aromatic rings. The fourth-order valence-corrected chi connectivity index (χ4v) is 2.74. The van der Waals surface area contributed by atoms with Crippen LogP contribution in [0.15, 0.2) is 18.2 Å².